The summed E-state index contributed by atoms with van der Waals surface area (Å²) in [6.45, 7) is 0. The Labute approximate surface area is 114 Å². The summed E-state index contributed by atoms with van der Waals surface area (Å²) in [4.78, 5) is 11.4. The number of methoxy groups -OCH3 is 2. The fourth-order valence-electron chi connectivity index (χ4n) is 2.37. The Morgan fingerprint density at radius 2 is 1.68 bits per heavy atom. The molecule has 0 aromatic heterocycles. The molecule has 0 atom stereocenters. The molecular weight excluding hydrogens is 240 g/mol. The Bertz CT molecular complexity index is 467. The number of benzene rings is 1. The van der Waals surface area contributed by atoms with Gasteiger partial charge in [0.05, 0.1) is 14.2 Å². The van der Waals surface area contributed by atoms with Crippen molar-refractivity contribution in [1.29, 1.82) is 0 Å². The van der Waals surface area contributed by atoms with E-state index in [0.29, 0.717) is 6.42 Å². The van der Waals surface area contributed by atoms with Crippen LogP contribution in [0.15, 0.2) is 29.8 Å². The minimum atomic E-state index is 0.268. The maximum Gasteiger partial charge on any atom is 0.155 e. The van der Waals surface area contributed by atoms with Crippen LogP contribution in [0.25, 0.3) is 0 Å². The molecule has 0 spiro atoms. The minimum Gasteiger partial charge on any atom is -0.497 e. The number of ether oxygens (including phenoxy) is 2. The van der Waals surface area contributed by atoms with E-state index in [4.69, 9.17) is 9.47 Å². The monoisotopic (exact) mass is 260 g/mol. The number of rotatable bonds is 5. The number of aryl methyl sites for hydroxylation is 1. The van der Waals surface area contributed by atoms with E-state index in [0.717, 1.165) is 37.2 Å². The Morgan fingerprint density at radius 3 is 2.26 bits per heavy atom. The van der Waals surface area contributed by atoms with Gasteiger partial charge in [0.15, 0.2) is 5.78 Å². The van der Waals surface area contributed by atoms with Crippen LogP contribution in [0.1, 0.15) is 31.2 Å². The summed E-state index contributed by atoms with van der Waals surface area (Å²) in [5.74, 6) is 1.88. The maximum absolute atomic E-state index is 11.4. The summed E-state index contributed by atoms with van der Waals surface area (Å²) in [7, 11) is 3.31. The summed E-state index contributed by atoms with van der Waals surface area (Å²) in [6.07, 6.45) is 6.41. The highest BCUT2D eigenvalue weighted by molar-refractivity contribution is 5.91. The summed E-state index contributed by atoms with van der Waals surface area (Å²) >= 11 is 0. The lowest BCUT2D eigenvalue weighted by Gasteiger charge is -2.13. The second-order valence-electron chi connectivity index (χ2n) is 4.84. The Balaban J connectivity index is 2.04. The molecule has 3 heteroatoms. The second-order valence-corrected chi connectivity index (χ2v) is 4.84. The first-order chi connectivity index (χ1) is 9.21. The van der Waals surface area contributed by atoms with Gasteiger partial charge in [-0.3, -0.25) is 4.79 Å². The third kappa shape index (κ3) is 3.85. The molecule has 0 fully saturated rings. The smallest absolute Gasteiger partial charge is 0.155 e. The van der Waals surface area contributed by atoms with Crippen molar-refractivity contribution in [3.05, 3.63) is 35.4 Å². The van der Waals surface area contributed by atoms with Crippen LogP contribution in [0.4, 0.5) is 0 Å². The third-order valence-electron chi connectivity index (χ3n) is 3.43. The molecule has 1 aromatic rings. The molecule has 1 aliphatic rings. The van der Waals surface area contributed by atoms with Crippen LogP contribution in [0.5, 0.6) is 11.5 Å². The largest absolute Gasteiger partial charge is 0.497 e. The van der Waals surface area contributed by atoms with Gasteiger partial charge in [-0.25, -0.2) is 0 Å². The van der Waals surface area contributed by atoms with Gasteiger partial charge in [-0.05, 0) is 49.5 Å². The number of ketones is 1. The average molecular weight is 260 g/mol. The van der Waals surface area contributed by atoms with E-state index < -0.39 is 0 Å². The van der Waals surface area contributed by atoms with E-state index in [1.54, 1.807) is 14.2 Å². The van der Waals surface area contributed by atoms with Crippen molar-refractivity contribution in [2.45, 2.75) is 32.1 Å². The SMILES string of the molecule is COc1cc(CCC2=CC(=O)CCC2)cc(OC)c1. The van der Waals surface area contributed by atoms with Gasteiger partial charge in [0.2, 0.25) is 0 Å². The van der Waals surface area contributed by atoms with Crippen molar-refractivity contribution < 1.29 is 14.3 Å². The van der Waals surface area contributed by atoms with Crippen LogP contribution >= 0.6 is 0 Å². The quantitative estimate of drug-likeness (QED) is 0.814. The molecule has 0 aliphatic heterocycles. The fraction of sp³-hybridized carbons (Fsp3) is 0.438. The van der Waals surface area contributed by atoms with Crippen molar-refractivity contribution in [3.63, 3.8) is 0 Å². The summed E-state index contributed by atoms with van der Waals surface area (Å²) in [5.41, 5.74) is 2.44. The molecule has 3 nitrogen and oxygen atoms in total. The molecule has 0 saturated carbocycles. The summed E-state index contributed by atoms with van der Waals surface area (Å²) < 4.78 is 10.5. The zero-order chi connectivity index (χ0) is 13.7. The number of carbonyl (C=O) groups excluding carboxylic acids is 1. The van der Waals surface area contributed by atoms with Crippen molar-refractivity contribution in [2.24, 2.45) is 0 Å². The molecule has 19 heavy (non-hydrogen) atoms. The first-order valence-electron chi connectivity index (χ1n) is 6.65. The fourth-order valence-corrected chi connectivity index (χ4v) is 2.37. The molecule has 102 valence electrons. The van der Waals surface area contributed by atoms with Crippen LogP contribution in [-0.2, 0) is 11.2 Å². The van der Waals surface area contributed by atoms with Gasteiger partial charge < -0.3 is 9.47 Å². The Kier molecular flexibility index (Phi) is 4.61. The predicted octanol–water partition coefficient (Wildman–Crippen LogP) is 3.32. The number of carbonyl (C=O) groups is 1. The zero-order valence-corrected chi connectivity index (χ0v) is 11.6. The molecule has 0 N–H and O–H groups in total. The standard InChI is InChI=1S/C16H20O3/c1-18-15-9-13(10-16(11-15)19-2)7-6-12-4-3-5-14(17)8-12/h8-11H,3-7H2,1-2H3. The molecule has 1 aliphatic carbocycles. The van der Waals surface area contributed by atoms with E-state index in [1.807, 2.05) is 24.3 Å². The molecule has 0 bridgehead atoms. The van der Waals surface area contributed by atoms with Gasteiger partial charge >= 0.3 is 0 Å². The number of allylic oxidation sites excluding steroid dienone is 2. The van der Waals surface area contributed by atoms with E-state index in [2.05, 4.69) is 0 Å². The van der Waals surface area contributed by atoms with Gasteiger partial charge in [0.25, 0.3) is 0 Å². The van der Waals surface area contributed by atoms with Crippen molar-refractivity contribution in [2.75, 3.05) is 14.2 Å². The number of hydrogen-bond donors (Lipinski definition) is 0. The van der Waals surface area contributed by atoms with Gasteiger partial charge in [-0.2, -0.15) is 0 Å². The van der Waals surface area contributed by atoms with Gasteiger partial charge in [0.1, 0.15) is 11.5 Å². The van der Waals surface area contributed by atoms with Crippen molar-refractivity contribution in [1.82, 2.24) is 0 Å². The lowest BCUT2D eigenvalue weighted by Crippen LogP contribution is -2.03. The van der Waals surface area contributed by atoms with E-state index in [1.165, 1.54) is 11.1 Å². The van der Waals surface area contributed by atoms with E-state index in [-0.39, 0.29) is 5.78 Å². The molecule has 1 aromatic carbocycles. The van der Waals surface area contributed by atoms with E-state index in [9.17, 15) is 4.79 Å². The van der Waals surface area contributed by atoms with Crippen LogP contribution in [0, 0.1) is 0 Å². The Hall–Kier alpha value is -1.77. The lowest BCUT2D eigenvalue weighted by atomic mass is 9.94. The topological polar surface area (TPSA) is 35.5 Å². The number of hydrogen-bond acceptors (Lipinski definition) is 3. The van der Waals surface area contributed by atoms with Gasteiger partial charge in [-0.1, -0.05) is 5.57 Å². The van der Waals surface area contributed by atoms with Crippen molar-refractivity contribution >= 4 is 5.78 Å². The average Bonchev–Trinajstić information content (AvgIpc) is 2.44. The molecule has 0 radical (unpaired) electrons. The zero-order valence-electron chi connectivity index (χ0n) is 11.6. The summed E-state index contributed by atoms with van der Waals surface area (Å²) in [6, 6.07) is 5.91. The van der Waals surface area contributed by atoms with Gasteiger partial charge in [0, 0.05) is 12.5 Å². The second kappa shape index (κ2) is 6.41. The lowest BCUT2D eigenvalue weighted by molar-refractivity contribution is -0.115. The molecule has 0 amide bonds. The van der Waals surface area contributed by atoms with Crippen LogP contribution < -0.4 is 9.47 Å². The summed E-state index contributed by atoms with van der Waals surface area (Å²) in [5, 5.41) is 0. The molecule has 0 saturated heterocycles. The third-order valence-corrected chi connectivity index (χ3v) is 3.43. The predicted molar refractivity (Wildman–Crippen MR) is 74.8 cm³/mol. The molecule has 2 rings (SSSR count). The minimum absolute atomic E-state index is 0.268. The Morgan fingerprint density at radius 1 is 1.00 bits per heavy atom. The van der Waals surface area contributed by atoms with Crippen LogP contribution in [-0.4, -0.2) is 20.0 Å². The highest BCUT2D eigenvalue weighted by atomic mass is 16.5. The van der Waals surface area contributed by atoms with Crippen molar-refractivity contribution in [3.8, 4) is 11.5 Å². The molecule has 0 heterocycles. The maximum atomic E-state index is 11.4. The van der Waals surface area contributed by atoms with E-state index >= 15 is 0 Å². The molecule has 0 unspecified atom stereocenters. The van der Waals surface area contributed by atoms with Gasteiger partial charge in [-0.15, -0.1) is 0 Å². The van der Waals surface area contributed by atoms with Crippen LogP contribution in [0.2, 0.25) is 0 Å². The normalized spacial score (nSPS) is 15.1. The molecular formula is C16H20O3. The highest BCUT2D eigenvalue weighted by Gasteiger charge is 2.10. The highest BCUT2D eigenvalue weighted by Crippen LogP contribution is 2.25. The van der Waals surface area contributed by atoms with Crippen LogP contribution in [0.3, 0.4) is 0 Å². The first kappa shape index (κ1) is 13.7. The first-order valence-corrected chi connectivity index (χ1v) is 6.65.